The number of hydrogen-bond acceptors (Lipinski definition) is 7. The van der Waals surface area contributed by atoms with Crippen LogP contribution in [0.3, 0.4) is 0 Å². The first kappa shape index (κ1) is 28.6. The van der Waals surface area contributed by atoms with Gasteiger partial charge < -0.3 is 24.0 Å². The minimum absolute atomic E-state index is 0.147. The fraction of sp³-hybridized carbons (Fsp3) is 0.481. The minimum atomic E-state index is -0.858. The minimum Gasteiger partial charge on any atom is -0.491 e. The molecule has 1 unspecified atom stereocenters. The van der Waals surface area contributed by atoms with E-state index in [1.54, 1.807) is 13.0 Å². The van der Waals surface area contributed by atoms with Crippen molar-refractivity contribution in [3.8, 4) is 17.6 Å². The second-order valence-electron chi connectivity index (χ2n) is 7.64. The number of carbonyl (C=O) groups excluding carboxylic acids is 1. The van der Waals surface area contributed by atoms with E-state index >= 15 is 0 Å². The summed E-state index contributed by atoms with van der Waals surface area (Å²) in [5.41, 5.74) is 4.01. The highest BCUT2D eigenvalue weighted by molar-refractivity contribution is 7.59. The van der Waals surface area contributed by atoms with E-state index in [1.165, 1.54) is 0 Å². The van der Waals surface area contributed by atoms with E-state index in [9.17, 15) is 9.90 Å². The van der Waals surface area contributed by atoms with E-state index in [4.69, 9.17) is 14.0 Å². The van der Waals surface area contributed by atoms with Crippen LogP contribution < -0.4 is 15.1 Å². The Kier molecular flexibility index (Phi) is 12.6. The molecule has 1 N–H and O–H groups in total. The Balaban J connectivity index is 2.26. The standard InChI is InChI=1S/C27H37N2O5P/c1-6-29(7-2)24-18-21(14-15-25(24)33-16-10-11-27(31)32-8-3)12-13-22-17-23(20-30)28-26(19-22)35(5)34-9-4/h14-15,17-19,30H,6-11,16,20H2,1-5H3. The van der Waals surface area contributed by atoms with Crippen LogP contribution in [0.4, 0.5) is 5.69 Å². The van der Waals surface area contributed by atoms with Crippen LogP contribution in [0.1, 0.15) is 57.4 Å². The fourth-order valence-electron chi connectivity index (χ4n) is 3.45. The molecule has 0 fully saturated rings. The van der Waals surface area contributed by atoms with Gasteiger partial charge in [0.25, 0.3) is 0 Å². The maximum atomic E-state index is 11.6. The van der Waals surface area contributed by atoms with Crippen LogP contribution in [0.5, 0.6) is 5.75 Å². The average Bonchev–Trinajstić information content (AvgIpc) is 2.87. The number of carbonyl (C=O) groups is 1. The number of aliphatic hydroxyl groups excluding tert-OH is 1. The first-order valence-electron chi connectivity index (χ1n) is 12.1. The molecule has 0 radical (unpaired) electrons. The molecule has 0 aliphatic carbocycles. The number of benzene rings is 1. The van der Waals surface area contributed by atoms with E-state index in [0.29, 0.717) is 38.4 Å². The van der Waals surface area contributed by atoms with Crippen LogP contribution in [-0.2, 0) is 20.7 Å². The van der Waals surface area contributed by atoms with Crippen molar-refractivity contribution < 1.29 is 23.9 Å². The van der Waals surface area contributed by atoms with Gasteiger partial charge in [0.15, 0.2) is 0 Å². The Bertz CT molecular complexity index is 1010. The lowest BCUT2D eigenvalue weighted by Crippen LogP contribution is -2.22. The molecular weight excluding hydrogens is 463 g/mol. The Morgan fingerprint density at radius 3 is 2.46 bits per heavy atom. The van der Waals surface area contributed by atoms with Crippen molar-refractivity contribution >= 4 is 25.2 Å². The lowest BCUT2D eigenvalue weighted by molar-refractivity contribution is -0.143. The van der Waals surface area contributed by atoms with Crippen LogP contribution in [0.15, 0.2) is 30.3 Å². The summed E-state index contributed by atoms with van der Waals surface area (Å²) in [6.07, 6.45) is 0.933. The Morgan fingerprint density at radius 2 is 1.80 bits per heavy atom. The molecule has 35 heavy (non-hydrogen) atoms. The summed E-state index contributed by atoms with van der Waals surface area (Å²) in [5, 5.41) is 9.62. The first-order valence-corrected chi connectivity index (χ1v) is 13.8. The van der Waals surface area contributed by atoms with Gasteiger partial charge in [-0.2, -0.15) is 0 Å². The van der Waals surface area contributed by atoms with E-state index in [1.807, 2.05) is 37.9 Å². The summed E-state index contributed by atoms with van der Waals surface area (Å²) >= 11 is 0. The van der Waals surface area contributed by atoms with Gasteiger partial charge in [-0.05, 0) is 71.1 Å². The van der Waals surface area contributed by atoms with Gasteiger partial charge in [0.2, 0.25) is 0 Å². The van der Waals surface area contributed by atoms with Gasteiger partial charge in [0.05, 0.1) is 44.8 Å². The van der Waals surface area contributed by atoms with Gasteiger partial charge in [0, 0.05) is 37.2 Å². The molecule has 0 saturated carbocycles. The van der Waals surface area contributed by atoms with Gasteiger partial charge in [-0.1, -0.05) is 11.8 Å². The normalized spacial score (nSPS) is 11.4. The van der Waals surface area contributed by atoms with E-state index < -0.39 is 8.15 Å². The number of esters is 1. The van der Waals surface area contributed by atoms with Crippen LogP contribution in [0, 0.1) is 11.8 Å². The number of rotatable bonds is 13. The number of hydrogen-bond donors (Lipinski definition) is 1. The molecule has 1 atom stereocenters. The maximum Gasteiger partial charge on any atom is 0.305 e. The van der Waals surface area contributed by atoms with Crippen molar-refractivity contribution in [1.29, 1.82) is 0 Å². The molecule has 0 saturated heterocycles. The molecule has 1 heterocycles. The zero-order valence-corrected chi connectivity index (χ0v) is 22.4. The summed E-state index contributed by atoms with van der Waals surface area (Å²) in [4.78, 5) is 18.3. The largest absolute Gasteiger partial charge is 0.491 e. The predicted molar refractivity (Wildman–Crippen MR) is 142 cm³/mol. The second-order valence-corrected chi connectivity index (χ2v) is 9.35. The van der Waals surface area contributed by atoms with Crippen molar-refractivity contribution in [2.24, 2.45) is 0 Å². The molecule has 0 aliphatic heterocycles. The fourth-order valence-corrected chi connectivity index (χ4v) is 4.56. The molecule has 1 aromatic carbocycles. The van der Waals surface area contributed by atoms with Crippen LogP contribution in [-0.4, -0.2) is 55.6 Å². The highest BCUT2D eigenvalue weighted by atomic mass is 31.1. The number of aliphatic hydroxyl groups is 1. The summed E-state index contributed by atoms with van der Waals surface area (Å²) < 4.78 is 16.7. The molecule has 0 aliphatic rings. The zero-order valence-electron chi connectivity index (χ0n) is 21.5. The van der Waals surface area contributed by atoms with Crippen molar-refractivity contribution in [2.45, 2.75) is 47.1 Å². The summed E-state index contributed by atoms with van der Waals surface area (Å²) in [5.74, 6) is 7.02. The molecular formula is C27H37N2O5P. The third-order valence-corrected chi connectivity index (χ3v) is 6.69. The SMILES string of the molecule is CCOC(=O)CCCOc1ccc(C#Cc2cc(CO)nc(P(C)OCC)c2)cc1N(CC)CC. The number of aromatic nitrogens is 1. The second kappa shape index (κ2) is 15.4. The van der Waals surface area contributed by atoms with Crippen LogP contribution in [0.25, 0.3) is 0 Å². The van der Waals surface area contributed by atoms with E-state index in [2.05, 4.69) is 35.6 Å². The first-order chi connectivity index (χ1) is 16.9. The third kappa shape index (κ3) is 9.14. The molecule has 1 aromatic heterocycles. The lowest BCUT2D eigenvalue weighted by Gasteiger charge is -2.24. The van der Waals surface area contributed by atoms with Crippen molar-refractivity contribution in [3.05, 3.63) is 47.2 Å². The molecule has 8 heteroatoms. The molecule has 2 rings (SSSR count). The average molecular weight is 501 g/mol. The smallest absolute Gasteiger partial charge is 0.305 e. The number of nitrogens with zero attached hydrogens (tertiary/aromatic N) is 2. The monoisotopic (exact) mass is 500 g/mol. The number of pyridine rings is 1. The van der Waals surface area contributed by atoms with Crippen molar-refractivity contribution in [1.82, 2.24) is 4.98 Å². The lowest BCUT2D eigenvalue weighted by atomic mass is 10.1. The quantitative estimate of drug-likeness (QED) is 0.191. The van der Waals surface area contributed by atoms with Crippen molar-refractivity contribution in [3.63, 3.8) is 0 Å². The summed E-state index contributed by atoms with van der Waals surface area (Å²) in [6, 6.07) is 9.63. The highest BCUT2D eigenvalue weighted by Gasteiger charge is 2.12. The third-order valence-electron chi connectivity index (χ3n) is 5.17. The predicted octanol–water partition coefficient (Wildman–Crippen LogP) is 4.23. The van der Waals surface area contributed by atoms with Gasteiger partial charge >= 0.3 is 5.97 Å². The Hall–Kier alpha value is -2.65. The molecule has 7 nitrogen and oxygen atoms in total. The van der Waals surface area contributed by atoms with Gasteiger partial charge in [-0.3, -0.25) is 4.79 Å². The molecule has 2 aromatic rings. The summed E-state index contributed by atoms with van der Waals surface area (Å²) in [6.45, 7) is 12.9. The van der Waals surface area contributed by atoms with E-state index in [0.717, 1.165) is 41.1 Å². The number of ether oxygens (including phenoxy) is 2. The van der Waals surface area contributed by atoms with Gasteiger partial charge in [-0.15, -0.1) is 0 Å². The Labute approximate surface area is 210 Å². The zero-order chi connectivity index (χ0) is 25.6. The maximum absolute atomic E-state index is 11.6. The molecule has 0 amide bonds. The Morgan fingerprint density at radius 1 is 1.06 bits per heavy atom. The highest BCUT2D eigenvalue weighted by Crippen LogP contribution is 2.31. The molecule has 0 spiro atoms. The van der Waals surface area contributed by atoms with Gasteiger partial charge in [-0.25, -0.2) is 4.98 Å². The van der Waals surface area contributed by atoms with Crippen molar-refractivity contribution in [2.75, 3.05) is 44.5 Å². The molecule has 0 bridgehead atoms. The van der Waals surface area contributed by atoms with E-state index in [-0.39, 0.29) is 12.6 Å². The molecule has 190 valence electrons. The van der Waals surface area contributed by atoms with Crippen LogP contribution >= 0.6 is 8.15 Å². The summed E-state index contributed by atoms with van der Waals surface area (Å²) in [7, 11) is -0.858. The van der Waals surface area contributed by atoms with Crippen LogP contribution in [0.2, 0.25) is 0 Å². The van der Waals surface area contributed by atoms with Gasteiger partial charge in [0.1, 0.15) is 5.75 Å². The number of anilines is 1. The topological polar surface area (TPSA) is 81.1 Å².